The van der Waals surface area contributed by atoms with Crippen molar-refractivity contribution in [3.05, 3.63) is 64.7 Å². The zero-order valence-corrected chi connectivity index (χ0v) is 21.2. The Labute approximate surface area is 197 Å². The molecule has 8 heteroatoms. The Morgan fingerprint density at radius 1 is 0.939 bits per heavy atom. The number of para-hydroxylation sites is 1. The van der Waals surface area contributed by atoms with E-state index in [1.807, 2.05) is 77.1 Å². The monoisotopic (exact) mass is 473 g/mol. The molecule has 0 saturated heterocycles. The maximum absolute atomic E-state index is 13.7. The Bertz CT molecular complexity index is 1080. The lowest BCUT2D eigenvalue weighted by molar-refractivity contribution is -0.140. The summed E-state index contributed by atoms with van der Waals surface area (Å²) in [7, 11) is -3.75. The minimum absolute atomic E-state index is 0.214. The van der Waals surface area contributed by atoms with E-state index in [2.05, 4.69) is 5.32 Å². The molecule has 2 aromatic carbocycles. The predicted molar refractivity (Wildman–Crippen MR) is 133 cm³/mol. The van der Waals surface area contributed by atoms with Gasteiger partial charge in [-0.2, -0.15) is 0 Å². The van der Waals surface area contributed by atoms with Crippen molar-refractivity contribution >= 4 is 27.5 Å². The van der Waals surface area contributed by atoms with Gasteiger partial charge in [-0.3, -0.25) is 13.9 Å². The minimum Gasteiger partial charge on any atom is -0.355 e. The maximum atomic E-state index is 13.7. The first kappa shape index (κ1) is 26.4. The normalized spacial score (nSPS) is 12.2. The summed E-state index contributed by atoms with van der Waals surface area (Å²) in [5.41, 5.74) is 3.92. The molecule has 1 atom stereocenters. The second-order valence-corrected chi connectivity index (χ2v) is 10.2. The third-order valence-corrected chi connectivity index (χ3v) is 6.82. The molecule has 0 radical (unpaired) electrons. The van der Waals surface area contributed by atoms with Gasteiger partial charge in [0.15, 0.2) is 0 Å². The highest BCUT2D eigenvalue weighted by Crippen LogP contribution is 2.27. The molecule has 0 spiro atoms. The van der Waals surface area contributed by atoms with Crippen molar-refractivity contribution in [2.75, 3.05) is 23.7 Å². The lowest BCUT2D eigenvalue weighted by Crippen LogP contribution is -2.52. The molecule has 0 aliphatic rings. The van der Waals surface area contributed by atoms with Crippen LogP contribution in [0.15, 0.2) is 42.5 Å². The number of benzene rings is 2. The summed E-state index contributed by atoms with van der Waals surface area (Å²) in [6.07, 6.45) is 1.50. The van der Waals surface area contributed by atoms with Crippen LogP contribution in [-0.4, -0.2) is 50.5 Å². The fourth-order valence-corrected chi connectivity index (χ4v) is 4.92. The summed E-state index contributed by atoms with van der Waals surface area (Å²) in [5, 5.41) is 2.80. The lowest BCUT2D eigenvalue weighted by atomic mass is 10.1. The minimum atomic E-state index is -3.75. The molecule has 0 saturated carbocycles. The molecule has 180 valence electrons. The number of nitrogens with one attached hydrogen (secondary N) is 1. The van der Waals surface area contributed by atoms with Crippen LogP contribution in [0, 0.1) is 20.8 Å². The Morgan fingerprint density at radius 3 is 2.03 bits per heavy atom. The average Bonchev–Trinajstić information content (AvgIpc) is 2.73. The van der Waals surface area contributed by atoms with Crippen LogP contribution < -0.4 is 9.62 Å². The van der Waals surface area contributed by atoms with Crippen LogP contribution in [0.3, 0.4) is 0 Å². The van der Waals surface area contributed by atoms with Crippen molar-refractivity contribution < 1.29 is 18.0 Å². The van der Waals surface area contributed by atoms with Crippen LogP contribution in [0.25, 0.3) is 0 Å². The molecule has 2 amide bonds. The fourth-order valence-electron chi connectivity index (χ4n) is 3.96. The summed E-state index contributed by atoms with van der Waals surface area (Å²) in [6, 6.07) is 12.4. The predicted octanol–water partition coefficient (Wildman–Crippen LogP) is 3.32. The van der Waals surface area contributed by atoms with E-state index < -0.39 is 22.0 Å². The van der Waals surface area contributed by atoms with Gasteiger partial charge in [-0.15, -0.1) is 0 Å². The van der Waals surface area contributed by atoms with Crippen LogP contribution in [0.4, 0.5) is 5.69 Å². The van der Waals surface area contributed by atoms with Crippen molar-refractivity contribution in [3.8, 4) is 0 Å². The summed E-state index contributed by atoms with van der Waals surface area (Å²) in [4.78, 5) is 28.0. The second-order valence-electron chi connectivity index (χ2n) is 8.28. The number of amides is 2. The third-order valence-electron chi connectivity index (χ3n) is 5.71. The molecule has 0 aliphatic carbocycles. The van der Waals surface area contributed by atoms with E-state index in [0.29, 0.717) is 18.7 Å². The largest absolute Gasteiger partial charge is 0.355 e. The Hall–Kier alpha value is -2.87. The Morgan fingerprint density at radius 2 is 1.52 bits per heavy atom. The number of aryl methyl sites for hydroxylation is 3. The molecule has 0 aliphatic heterocycles. The number of carbonyl (C=O) groups excluding carboxylic acids is 2. The van der Waals surface area contributed by atoms with Crippen molar-refractivity contribution in [2.24, 2.45) is 0 Å². The van der Waals surface area contributed by atoms with Crippen LogP contribution in [0.2, 0.25) is 0 Å². The van der Waals surface area contributed by atoms with Gasteiger partial charge in [0.2, 0.25) is 21.8 Å². The molecule has 2 rings (SSSR count). The van der Waals surface area contributed by atoms with Gasteiger partial charge in [-0.1, -0.05) is 49.4 Å². The maximum Gasteiger partial charge on any atom is 0.244 e. The van der Waals surface area contributed by atoms with Crippen molar-refractivity contribution in [3.63, 3.8) is 0 Å². The number of hydrogen-bond donors (Lipinski definition) is 1. The molecule has 2 aromatic rings. The number of sulfonamides is 1. The molecule has 1 unspecified atom stereocenters. The molecule has 0 aromatic heterocycles. The van der Waals surface area contributed by atoms with Crippen LogP contribution in [-0.2, 0) is 26.2 Å². The third kappa shape index (κ3) is 6.57. The smallest absolute Gasteiger partial charge is 0.244 e. The average molecular weight is 474 g/mol. The van der Waals surface area contributed by atoms with Gasteiger partial charge in [-0.05, 0) is 56.4 Å². The van der Waals surface area contributed by atoms with E-state index in [0.717, 1.165) is 32.8 Å². The van der Waals surface area contributed by atoms with Gasteiger partial charge in [0.1, 0.15) is 12.6 Å². The summed E-state index contributed by atoms with van der Waals surface area (Å²) in [6.45, 7) is 9.53. The fraction of sp³-hybridized carbons (Fsp3) is 0.440. The van der Waals surface area contributed by atoms with Crippen LogP contribution in [0.5, 0.6) is 0 Å². The number of likely N-dealkylation sites (N-methyl/N-ethyl adjacent to an activating group) is 1. The number of carbonyl (C=O) groups is 2. The second kappa shape index (κ2) is 11.3. The zero-order valence-electron chi connectivity index (χ0n) is 20.4. The first-order valence-corrected chi connectivity index (χ1v) is 13.0. The van der Waals surface area contributed by atoms with Gasteiger partial charge in [0, 0.05) is 13.1 Å². The Kier molecular flexibility index (Phi) is 9.05. The molecule has 33 heavy (non-hydrogen) atoms. The van der Waals surface area contributed by atoms with Crippen LogP contribution >= 0.6 is 0 Å². The Balaban J connectivity index is 2.51. The van der Waals surface area contributed by atoms with E-state index in [-0.39, 0.29) is 19.0 Å². The van der Waals surface area contributed by atoms with Gasteiger partial charge in [0.05, 0.1) is 11.9 Å². The molecule has 0 heterocycles. The van der Waals surface area contributed by atoms with Crippen LogP contribution in [0.1, 0.15) is 42.5 Å². The highest BCUT2D eigenvalue weighted by Gasteiger charge is 2.32. The zero-order chi connectivity index (χ0) is 24.8. The molecular weight excluding hydrogens is 438 g/mol. The van der Waals surface area contributed by atoms with E-state index in [1.54, 1.807) is 0 Å². The first-order chi connectivity index (χ1) is 15.5. The van der Waals surface area contributed by atoms with Gasteiger partial charge >= 0.3 is 0 Å². The molecular formula is C25H35N3O4S. The summed E-state index contributed by atoms with van der Waals surface area (Å²) < 4.78 is 26.7. The van der Waals surface area contributed by atoms with Crippen molar-refractivity contribution in [1.82, 2.24) is 10.2 Å². The van der Waals surface area contributed by atoms with Crippen molar-refractivity contribution in [1.29, 1.82) is 0 Å². The van der Waals surface area contributed by atoms with E-state index >= 15 is 0 Å². The van der Waals surface area contributed by atoms with Crippen molar-refractivity contribution in [2.45, 2.75) is 53.6 Å². The standard InChI is InChI=1S/C25H35N3O4S/c1-7-22(25(30)26-8-2)27(16-21-15-10-9-12-18(21)3)23(29)17-28(33(6,31)32)24-19(4)13-11-14-20(24)5/h9-15,22H,7-8,16-17H2,1-6H3,(H,26,30). The SMILES string of the molecule is CCNC(=O)C(CC)N(Cc1ccccc1C)C(=O)CN(c1c(C)cccc1C)S(C)(=O)=O. The van der Waals surface area contributed by atoms with E-state index in [4.69, 9.17) is 0 Å². The summed E-state index contributed by atoms with van der Waals surface area (Å²) >= 11 is 0. The van der Waals surface area contributed by atoms with E-state index in [1.165, 1.54) is 4.90 Å². The molecule has 0 bridgehead atoms. The topological polar surface area (TPSA) is 86.8 Å². The van der Waals surface area contributed by atoms with Gasteiger partial charge in [-0.25, -0.2) is 8.42 Å². The lowest BCUT2D eigenvalue weighted by Gasteiger charge is -2.33. The molecule has 0 fully saturated rings. The number of hydrogen-bond acceptors (Lipinski definition) is 4. The quantitative estimate of drug-likeness (QED) is 0.574. The number of nitrogens with zero attached hydrogens (tertiary/aromatic N) is 2. The first-order valence-electron chi connectivity index (χ1n) is 11.2. The van der Waals surface area contributed by atoms with Gasteiger partial charge < -0.3 is 10.2 Å². The highest BCUT2D eigenvalue weighted by molar-refractivity contribution is 7.92. The highest BCUT2D eigenvalue weighted by atomic mass is 32.2. The van der Waals surface area contributed by atoms with E-state index in [9.17, 15) is 18.0 Å². The molecule has 7 nitrogen and oxygen atoms in total. The van der Waals surface area contributed by atoms with Gasteiger partial charge in [0.25, 0.3) is 0 Å². The number of anilines is 1. The molecule has 1 N–H and O–H groups in total. The summed E-state index contributed by atoms with van der Waals surface area (Å²) in [5.74, 6) is -0.677. The number of rotatable bonds is 10.